The summed E-state index contributed by atoms with van der Waals surface area (Å²) in [4.78, 5) is 15.6. The predicted octanol–water partition coefficient (Wildman–Crippen LogP) is 6.78. The van der Waals surface area contributed by atoms with Gasteiger partial charge in [-0.05, 0) is 87.9 Å². The van der Waals surface area contributed by atoms with E-state index >= 15 is 0 Å². The Bertz CT molecular complexity index is 1230. The van der Waals surface area contributed by atoms with Crippen LogP contribution in [-0.2, 0) is 11.2 Å². The molecule has 1 amide bonds. The second-order valence-corrected chi connectivity index (χ2v) is 11.8. The minimum Gasteiger partial charge on any atom is -0.485 e. The highest BCUT2D eigenvalue weighted by Gasteiger charge is 2.40. The Hall–Kier alpha value is -2.73. The number of piperidine rings is 1. The Morgan fingerprint density at radius 2 is 1.51 bits per heavy atom. The predicted molar refractivity (Wildman–Crippen MR) is 174 cm³/mol. The number of benzene rings is 3. The number of carbonyl (C=O) groups is 1. The van der Waals surface area contributed by atoms with Crippen molar-refractivity contribution in [3.63, 3.8) is 0 Å². The van der Waals surface area contributed by atoms with Crippen molar-refractivity contribution in [2.75, 3.05) is 31.9 Å². The summed E-state index contributed by atoms with van der Waals surface area (Å²) in [6, 6.07) is 21.2. The summed E-state index contributed by atoms with van der Waals surface area (Å²) in [7, 11) is 0. The zero-order valence-corrected chi connectivity index (χ0v) is 26.4. The van der Waals surface area contributed by atoms with E-state index in [-0.39, 0.29) is 48.2 Å². The smallest absolute Gasteiger partial charge is 0.223 e. The molecule has 2 aliphatic heterocycles. The van der Waals surface area contributed by atoms with Crippen molar-refractivity contribution in [2.45, 2.75) is 64.9 Å². The van der Waals surface area contributed by atoms with Crippen molar-refractivity contribution >= 4 is 36.4 Å². The molecule has 1 unspecified atom stereocenters. The van der Waals surface area contributed by atoms with Crippen molar-refractivity contribution in [1.29, 1.82) is 0 Å². The lowest BCUT2D eigenvalue weighted by atomic mass is 9.88. The van der Waals surface area contributed by atoms with Gasteiger partial charge in [-0.25, -0.2) is 0 Å². The molecular formula is C34H45Cl2N3O2. The number of ether oxygens (including phenoxy) is 1. The largest absolute Gasteiger partial charge is 0.485 e. The Kier molecular flexibility index (Phi) is 11.2. The average Bonchev–Trinajstić information content (AvgIpc) is 3.31. The molecule has 1 atom stereocenters. The molecular weight excluding hydrogens is 553 g/mol. The highest BCUT2D eigenvalue weighted by molar-refractivity contribution is 5.85. The zero-order chi connectivity index (χ0) is 27.6. The number of nitrogens with zero attached hydrogens (tertiary/aromatic N) is 1. The van der Waals surface area contributed by atoms with Crippen LogP contribution in [0, 0.1) is 26.7 Å². The molecule has 0 radical (unpaired) electrons. The van der Waals surface area contributed by atoms with Gasteiger partial charge in [0.1, 0.15) is 11.4 Å². The highest BCUT2D eigenvalue weighted by Crippen LogP contribution is 2.44. The third-order valence-corrected chi connectivity index (χ3v) is 8.99. The number of nitrogens with two attached hydrogens (primary N) is 1. The quantitative estimate of drug-likeness (QED) is 0.281. The number of nitrogen functional groups attached to an aromatic ring is 1. The number of hydrogen-bond acceptors (Lipinski definition) is 4. The molecule has 2 aliphatic rings. The van der Waals surface area contributed by atoms with E-state index < -0.39 is 0 Å². The number of carbonyl (C=O) groups excluding carboxylic acids is 1. The number of rotatable bonds is 8. The summed E-state index contributed by atoms with van der Waals surface area (Å²) in [5.41, 5.74) is 14.3. The molecule has 5 rings (SSSR count). The zero-order valence-electron chi connectivity index (χ0n) is 24.7. The van der Waals surface area contributed by atoms with E-state index in [1.54, 1.807) is 0 Å². The Morgan fingerprint density at radius 1 is 0.951 bits per heavy atom. The van der Waals surface area contributed by atoms with E-state index in [0.717, 1.165) is 73.4 Å². The maximum Gasteiger partial charge on any atom is 0.223 e. The molecule has 3 aromatic carbocycles. The van der Waals surface area contributed by atoms with Crippen LogP contribution in [0.3, 0.4) is 0 Å². The maximum absolute atomic E-state index is 13.1. The first-order chi connectivity index (χ1) is 18.8. The van der Waals surface area contributed by atoms with Gasteiger partial charge in [0.25, 0.3) is 0 Å². The van der Waals surface area contributed by atoms with Gasteiger partial charge in [0, 0.05) is 42.6 Å². The van der Waals surface area contributed by atoms with Crippen molar-refractivity contribution in [1.82, 2.24) is 10.2 Å². The van der Waals surface area contributed by atoms with E-state index in [4.69, 9.17) is 10.5 Å². The lowest BCUT2D eigenvalue weighted by molar-refractivity contribution is -0.126. The van der Waals surface area contributed by atoms with Gasteiger partial charge in [-0.15, -0.1) is 24.8 Å². The third kappa shape index (κ3) is 7.20. The van der Waals surface area contributed by atoms with Gasteiger partial charge in [0.15, 0.2) is 0 Å². The van der Waals surface area contributed by atoms with Crippen LogP contribution in [0.5, 0.6) is 5.75 Å². The molecule has 1 fully saturated rings. The minimum atomic E-state index is -0.267. The number of hydrogen-bond donors (Lipinski definition) is 2. The fourth-order valence-electron chi connectivity index (χ4n) is 6.52. The topological polar surface area (TPSA) is 67.6 Å². The molecule has 41 heavy (non-hydrogen) atoms. The second kappa shape index (κ2) is 14.0. The molecule has 0 bridgehead atoms. The SMILES string of the molecule is Cc1c(C)c2c(c(C)c1N)CC(C)(CN1CCC(C(=O)NCCC(c3ccccc3)c3ccccc3)CC1)O2.Cl.Cl. The number of nitrogens with one attached hydrogen (secondary N) is 1. The van der Waals surface area contributed by atoms with Crippen LogP contribution in [0.15, 0.2) is 60.7 Å². The second-order valence-electron chi connectivity index (χ2n) is 11.8. The molecule has 7 heteroatoms. The maximum atomic E-state index is 13.1. The number of likely N-dealkylation sites (tertiary alicyclic amines) is 1. The van der Waals surface area contributed by atoms with Crippen LogP contribution < -0.4 is 15.8 Å². The van der Waals surface area contributed by atoms with Gasteiger partial charge in [-0.3, -0.25) is 9.69 Å². The first kappa shape index (κ1) is 32.8. The lowest BCUT2D eigenvalue weighted by Gasteiger charge is -2.36. The molecule has 0 spiro atoms. The molecule has 1 saturated heterocycles. The van der Waals surface area contributed by atoms with Crippen LogP contribution >= 0.6 is 24.8 Å². The number of fused-ring (bicyclic) bond motifs is 1. The molecule has 0 saturated carbocycles. The third-order valence-electron chi connectivity index (χ3n) is 8.99. The molecule has 5 nitrogen and oxygen atoms in total. The summed E-state index contributed by atoms with van der Waals surface area (Å²) < 4.78 is 6.59. The van der Waals surface area contributed by atoms with Gasteiger partial charge in [0.2, 0.25) is 5.91 Å². The lowest BCUT2D eigenvalue weighted by Crippen LogP contribution is -2.48. The van der Waals surface area contributed by atoms with Crippen LogP contribution in [0.2, 0.25) is 0 Å². The Labute approximate surface area is 258 Å². The van der Waals surface area contributed by atoms with Crippen LogP contribution in [0.1, 0.15) is 65.5 Å². The minimum absolute atomic E-state index is 0. The molecule has 3 N–H and O–H groups in total. The van der Waals surface area contributed by atoms with Gasteiger partial charge in [-0.2, -0.15) is 0 Å². The highest BCUT2D eigenvalue weighted by atomic mass is 35.5. The summed E-state index contributed by atoms with van der Waals surface area (Å²) in [6.45, 7) is 11.9. The summed E-state index contributed by atoms with van der Waals surface area (Å²) >= 11 is 0. The first-order valence-electron chi connectivity index (χ1n) is 14.4. The standard InChI is InChI=1S/C34H43N3O2.2ClH/c1-23-24(2)32-30(25(3)31(23)35)21-34(4,39-32)22-37-19-16-28(17-20-37)33(38)36-18-15-29(26-11-7-5-8-12-26)27-13-9-6-10-14-27;;/h5-14,28-29H,15-22,35H2,1-4H3,(H,36,38);2*1H. The molecule has 2 heterocycles. The van der Waals surface area contributed by atoms with Crippen LogP contribution in [0.25, 0.3) is 0 Å². The fraction of sp³-hybridized carbons (Fsp3) is 0.441. The first-order valence-corrected chi connectivity index (χ1v) is 14.4. The van der Waals surface area contributed by atoms with Crippen LogP contribution in [-0.4, -0.2) is 42.6 Å². The monoisotopic (exact) mass is 597 g/mol. The molecule has 222 valence electrons. The Morgan fingerprint density at radius 3 is 2.07 bits per heavy atom. The Balaban J connectivity index is 0.00000231. The van der Waals surface area contributed by atoms with Gasteiger partial charge >= 0.3 is 0 Å². The van der Waals surface area contributed by atoms with Crippen LogP contribution in [0.4, 0.5) is 5.69 Å². The van der Waals surface area contributed by atoms with E-state index in [0.29, 0.717) is 6.54 Å². The van der Waals surface area contributed by atoms with Gasteiger partial charge in [0.05, 0.1) is 0 Å². The van der Waals surface area contributed by atoms with E-state index in [2.05, 4.69) is 98.6 Å². The summed E-state index contributed by atoms with van der Waals surface area (Å²) in [6.07, 6.45) is 3.54. The molecule has 3 aromatic rings. The van der Waals surface area contributed by atoms with Gasteiger partial charge < -0.3 is 15.8 Å². The number of halogens is 2. The van der Waals surface area contributed by atoms with Crippen molar-refractivity contribution in [3.05, 3.63) is 94.0 Å². The molecule has 0 aliphatic carbocycles. The number of anilines is 1. The normalized spacial score (nSPS) is 18.7. The fourth-order valence-corrected chi connectivity index (χ4v) is 6.52. The van der Waals surface area contributed by atoms with Crippen molar-refractivity contribution in [3.8, 4) is 5.75 Å². The van der Waals surface area contributed by atoms with Crippen molar-refractivity contribution < 1.29 is 9.53 Å². The van der Waals surface area contributed by atoms with E-state index in [9.17, 15) is 4.79 Å². The average molecular weight is 599 g/mol. The van der Waals surface area contributed by atoms with E-state index in [1.165, 1.54) is 16.7 Å². The number of amides is 1. The van der Waals surface area contributed by atoms with E-state index in [1.807, 2.05) is 0 Å². The van der Waals surface area contributed by atoms with Gasteiger partial charge in [-0.1, -0.05) is 60.7 Å². The summed E-state index contributed by atoms with van der Waals surface area (Å²) in [5.74, 6) is 1.58. The summed E-state index contributed by atoms with van der Waals surface area (Å²) in [5, 5.41) is 3.26. The van der Waals surface area contributed by atoms with Crippen molar-refractivity contribution in [2.24, 2.45) is 5.92 Å². The molecule has 0 aromatic heterocycles.